The van der Waals surface area contributed by atoms with E-state index in [9.17, 15) is 13.5 Å². The SMILES string of the molecule is Cc1cc(Nc2ncc(-c3nnc(C(C)(C)C)o3)c(N[C@H](CO)c3ccccc3)n2)ccc1S(C)(=O)=O. The van der Waals surface area contributed by atoms with Crippen molar-refractivity contribution in [2.75, 3.05) is 23.5 Å². The molecule has 194 valence electrons. The normalized spacial score (nSPS) is 12.8. The maximum absolute atomic E-state index is 12.0. The van der Waals surface area contributed by atoms with Crippen LogP contribution in [0, 0.1) is 6.92 Å². The van der Waals surface area contributed by atoms with Crippen molar-refractivity contribution >= 4 is 27.3 Å². The van der Waals surface area contributed by atoms with E-state index in [1.807, 2.05) is 51.1 Å². The molecule has 0 spiro atoms. The van der Waals surface area contributed by atoms with Crippen LogP contribution in [0.15, 0.2) is 64.0 Å². The van der Waals surface area contributed by atoms with Gasteiger partial charge in [-0.3, -0.25) is 0 Å². The van der Waals surface area contributed by atoms with Crippen molar-refractivity contribution in [3.8, 4) is 11.5 Å². The van der Waals surface area contributed by atoms with E-state index in [0.29, 0.717) is 28.5 Å². The highest BCUT2D eigenvalue weighted by Gasteiger charge is 2.25. The van der Waals surface area contributed by atoms with Crippen LogP contribution >= 0.6 is 0 Å². The van der Waals surface area contributed by atoms with Gasteiger partial charge in [-0.2, -0.15) is 4.98 Å². The lowest BCUT2D eigenvalue weighted by molar-refractivity contribution is 0.276. The lowest BCUT2D eigenvalue weighted by Gasteiger charge is -2.19. The molecule has 2 heterocycles. The van der Waals surface area contributed by atoms with Gasteiger partial charge in [-0.05, 0) is 36.2 Å². The summed E-state index contributed by atoms with van der Waals surface area (Å²) in [6.07, 6.45) is 2.74. The molecule has 0 saturated carbocycles. The molecule has 0 bridgehead atoms. The fourth-order valence-corrected chi connectivity index (χ4v) is 4.66. The van der Waals surface area contributed by atoms with Gasteiger partial charge < -0.3 is 20.2 Å². The largest absolute Gasteiger partial charge is 0.420 e. The molecule has 4 rings (SSSR count). The van der Waals surface area contributed by atoms with Gasteiger partial charge in [-0.15, -0.1) is 10.2 Å². The zero-order chi connectivity index (χ0) is 26.8. The molecule has 4 aromatic rings. The van der Waals surface area contributed by atoms with Crippen LogP contribution in [0.5, 0.6) is 0 Å². The van der Waals surface area contributed by atoms with Crippen LogP contribution in [-0.4, -0.2) is 46.6 Å². The standard InChI is InChI=1S/C26H30N6O4S/c1-16-13-18(11-12-21(16)37(5,34)35)28-25-27-14-19(23-31-32-24(36-23)26(2,3)4)22(30-25)29-20(15-33)17-9-7-6-8-10-17/h6-14,20,33H,15H2,1-5H3,(H2,27,28,29,30)/t20-/m1/s1. The van der Waals surface area contributed by atoms with Gasteiger partial charge in [-0.25, -0.2) is 13.4 Å². The van der Waals surface area contributed by atoms with Crippen LogP contribution in [0.2, 0.25) is 0 Å². The van der Waals surface area contributed by atoms with Gasteiger partial charge in [0.25, 0.3) is 5.89 Å². The van der Waals surface area contributed by atoms with E-state index in [1.165, 1.54) is 6.26 Å². The molecule has 0 radical (unpaired) electrons. The average molecular weight is 523 g/mol. The average Bonchev–Trinajstić information content (AvgIpc) is 3.33. The van der Waals surface area contributed by atoms with Crippen molar-refractivity contribution in [2.45, 2.75) is 44.0 Å². The zero-order valence-electron chi connectivity index (χ0n) is 21.3. The predicted octanol–water partition coefficient (Wildman–Crippen LogP) is 4.43. The van der Waals surface area contributed by atoms with Crippen molar-refractivity contribution < 1.29 is 17.9 Å². The molecular weight excluding hydrogens is 492 g/mol. The van der Waals surface area contributed by atoms with E-state index < -0.39 is 15.9 Å². The van der Waals surface area contributed by atoms with Crippen LogP contribution in [0.3, 0.4) is 0 Å². The molecule has 37 heavy (non-hydrogen) atoms. The third-order valence-corrected chi connectivity index (χ3v) is 6.87. The Morgan fingerprint density at radius 3 is 2.41 bits per heavy atom. The number of aliphatic hydroxyl groups excluding tert-OH is 1. The van der Waals surface area contributed by atoms with E-state index in [1.54, 1.807) is 31.3 Å². The molecule has 3 N–H and O–H groups in total. The molecule has 2 aromatic carbocycles. The van der Waals surface area contributed by atoms with E-state index in [2.05, 4.69) is 30.8 Å². The predicted molar refractivity (Wildman–Crippen MR) is 141 cm³/mol. The number of benzene rings is 2. The van der Waals surface area contributed by atoms with Gasteiger partial charge in [0.1, 0.15) is 5.82 Å². The minimum absolute atomic E-state index is 0.181. The molecule has 2 aromatic heterocycles. The van der Waals surface area contributed by atoms with Crippen LogP contribution in [-0.2, 0) is 15.3 Å². The van der Waals surface area contributed by atoms with Gasteiger partial charge in [0, 0.05) is 23.6 Å². The molecule has 11 heteroatoms. The molecule has 0 saturated heterocycles. The highest BCUT2D eigenvalue weighted by molar-refractivity contribution is 7.90. The molecule has 0 aliphatic heterocycles. The maximum Gasteiger partial charge on any atom is 0.253 e. The number of nitrogens with zero attached hydrogens (tertiary/aromatic N) is 4. The van der Waals surface area contributed by atoms with Gasteiger partial charge >= 0.3 is 0 Å². The Balaban J connectivity index is 1.72. The number of aryl methyl sites for hydroxylation is 1. The summed E-state index contributed by atoms with van der Waals surface area (Å²) in [5.74, 6) is 1.36. The number of anilines is 3. The number of hydrogen-bond donors (Lipinski definition) is 3. The number of rotatable bonds is 8. The summed E-state index contributed by atoms with van der Waals surface area (Å²) >= 11 is 0. The lowest BCUT2D eigenvalue weighted by atomic mass is 9.97. The van der Waals surface area contributed by atoms with Gasteiger partial charge in [0.15, 0.2) is 9.84 Å². The minimum atomic E-state index is -3.33. The summed E-state index contributed by atoms with van der Waals surface area (Å²) in [6, 6.07) is 14.0. The Bertz CT molecular complexity index is 1500. The minimum Gasteiger partial charge on any atom is -0.420 e. The van der Waals surface area contributed by atoms with E-state index in [4.69, 9.17) is 4.42 Å². The molecule has 10 nitrogen and oxygen atoms in total. The second-order valence-electron chi connectivity index (χ2n) is 9.79. The Morgan fingerprint density at radius 2 is 1.81 bits per heavy atom. The van der Waals surface area contributed by atoms with Crippen LogP contribution in [0.1, 0.15) is 43.8 Å². The molecule has 0 aliphatic rings. The first kappa shape index (κ1) is 26.2. The fourth-order valence-electron chi connectivity index (χ4n) is 3.70. The van der Waals surface area contributed by atoms with Gasteiger partial charge in [0.05, 0.1) is 23.1 Å². The molecule has 0 amide bonds. The summed E-state index contributed by atoms with van der Waals surface area (Å²) in [5, 5.41) is 24.9. The number of aliphatic hydroxyl groups is 1. The monoisotopic (exact) mass is 522 g/mol. The van der Waals surface area contributed by atoms with Crippen LogP contribution in [0.4, 0.5) is 17.5 Å². The first-order valence-electron chi connectivity index (χ1n) is 11.7. The van der Waals surface area contributed by atoms with Crippen molar-refractivity contribution in [1.82, 2.24) is 20.2 Å². The van der Waals surface area contributed by atoms with Gasteiger partial charge in [-0.1, -0.05) is 51.1 Å². The van der Waals surface area contributed by atoms with Gasteiger partial charge in [0.2, 0.25) is 11.8 Å². The van der Waals surface area contributed by atoms with Crippen LogP contribution in [0.25, 0.3) is 11.5 Å². The second kappa shape index (κ2) is 10.3. The van der Waals surface area contributed by atoms with E-state index in [-0.39, 0.29) is 28.8 Å². The third kappa shape index (κ3) is 6.12. The summed E-state index contributed by atoms with van der Waals surface area (Å²) in [7, 11) is -3.33. The van der Waals surface area contributed by atoms with Crippen molar-refractivity contribution in [2.24, 2.45) is 0 Å². The molecule has 0 unspecified atom stereocenters. The fraction of sp³-hybridized carbons (Fsp3) is 0.308. The Labute approximate surface area is 216 Å². The highest BCUT2D eigenvalue weighted by Crippen LogP contribution is 2.32. The second-order valence-corrected chi connectivity index (χ2v) is 11.8. The Hall–Kier alpha value is -3.83. The van der Waals surface area contributed by atoms with Crippen LogP contribution < -0.4 is 10.6 Å². The van der Waals surface area contributed by atoms with Crippen molar-refractivity contribution in [3.63, 3.8) is 0 Å². The molecule has 1 atom stereocenters. The Morgan fingerprint density at radius 1 is 1.08 bits per heavy atom. The first-order chi connectivity index (χ1) is 17.5. The summed E-state index contributed by atoms with van der Waals surface area (Å²) < 4.78 is 29.8. The quantitative estimate of drug-likeness (QED) is 0.304. The Kier molecular flexibility index (Phi) is 7.28. The van der Waals surface area contributed by atoms with Crippen molar-refractivity contribution in [3.05, 3.63) is 71.7 Å². The topological polar surface area (TPSA) is 143 Å². The number of sulfone groups is 1. The number of nitrogens with one attached hydrogen (secondary N) is 2. The number of aromatic nitrogens is 4. The van der Waals surface area contributed by atoms with E-state index >= 15 is 0 Å². The summed E-state index contributed by atoms with van der Waals surface area (Å²) in [6.45, 7) is 7.47. The highest BCUT2D eigenvalue weighted by atomic mass is 32.2. The molecule has 0 aliphatic carbocycles. The molecular formula is C26H30N6O4S. The zero-order valence-corrected chi connectivity index (χ0v) is 22.2. The molecule has 0 fully saturated rings. The lowest BCUT2D eigenvalue weighted by Crippen LogP contribution is -2.17. The number of hydrogen-bond acceptors (Lipinski definition) is 10. The van der Waals surface area contributed by atoms with E-state index in [0.717, 1.165) is 5.56 Å². The van der Waals surface area contributed by atoms with Crippen molar-refractivity contribution in [1.29, 1.82) is 0 Å². The maximum atomic E-state index is 12.0. The first-order valence-corrected chi connectivity index (χ1v) is 13.6. The smallest absolute Gasteiger partial charge is 0.253 e. The summed E-state index contributed by atoms with van der Waals surface area (Å²) in [5.41, 5.74) is 2.24. The summed E-state index contributed by atoms with van der Waals surface area (Å²) in [4.78, 5) is 9.32. The third-order valence-electron chi connectivity index (χ3n) is 5.61.